The summed E-state index contributed by atoms with van der Waals surface area (Å²) in [7, 11) is 0. The zero-order chi connectivity index (χ0) is 12.0. The van der Waals surface area contributed by atoms with Crippen LogP contribution in [0.15, 0.2) is 5.38 Å². The maximum Gasteiger partial charge on any atom is 0.270 e. The molecule has 1 amide bonds. The minimum Gasteiger partial charge on any atom is -0.351 e. The lowest BCUT2D eigenvalue weighted by atomic mass is 10.1. The van der Waals surface area contributed by atoms with Crippen LogP contribution in [0.1, 0.15) is 35.3 Å². The van der Waals surface area contributed by atoms with Crippen molar-refractivity contribution in [2.24, 2.45) is 5.92 Å². The fourth-order valence-corrected chi connectivity index (χ4v) is 2.04. The lowest BCUT2D eigenvalue weighted by Crippen LogP contribution is -2.25. The van der Waals surface area contributed by atoms with Crippen molar-refractivity contribution in [3.05, 3.63) is 16.1 Å². The normalized spacial score (nSPS) is 12.4. The van der Waals surface area contributed by atoms with Gasteiger partial charge in [-0.2, -0.15) is 0 Å². The van der Waals surface area contributed by atoms with E-state index in [9.17, 15) is 4.79 Å². The van der Waals surface area contributed by atoms with Crippen LogP contribution in [-0.4, -0.2) is 23.3 Å². The molecule has 1 aromatic rings. The average Bonchev–Trinajstić information content (AvgIpc) is 2.70. The summed E-state index contributed by atoms with van der Waals surface area (Å²) >= 11 is 7.19. The zero-order valence-corrected chi connectivity index (χ0v) is 11.2. The van der Waals surface area contributed by atoms with E-state index in [1.807, 2.05) is 6.92 Å². The molecule has 16 heavy (non-hydrogen) atoms. The summed E-state index contributed by atoms with van der Waals surface area (Å²) in [6.07, 6.45) is 2.00. The second-order valence-electron chi connectivity index (χ2n) is 3.91. The molecule has 0 saturated carbocycles. The molecule has 1 rings (SSSR count). The third-order valence-electron chi connectivity index (χ3n) is 2.27. The second-order valence-corrected chi connectivity index (χ2v) is 5.28. The largest absolute Gasteiger partial charge is 0.351 e. The molecule has 1 aromatic heterocycles. The number of aromatic nitrogens is 1. The molecule has 5 heteroatoms. The first kappa shape index (κ1) is 13.5. The standard InChI is InChI=1S/C11H17ClN2OS/c1-8(6-12)4-3-5-13-11(15)10-7-16-9(2)14-10/h7-8H,3-6H2,1-2H3,(H,13,15). The zero-order valence-electron chi connectivity index (χ0n) is 9.62. The van der Waals surface area contributed by atoms with Gasteiger partial charge in [0.2, 0.25) is 0 Å². The Morgan fingerprint density at radius 2 is 2.44 bits per heavy atom. The number of hydrogen-bond acceptors (Lipinski definition) is 3. The highest BCUT2D eigenvalue weighted by atomic mass is 35.5. The molecule has 0 radical (unpaired) electrons. The van der Waals surface area contributed by atoms with Gasteiger partial charge in [-0.3, -0.25) is 4.79 Å². The molecule has 1 N–H and O–H groups in total. The van der Waals surface area contributed by atoms with Crippen LogP contribution in [0, 0.1) is 12.8 Å². The second kappa shape index (κ2) is 6.86. The monoisotopic (exact) mass is 260 g/mol. The molecule has 0 aliphatic carbocycles. The SMILES string of the molecule is Cc1nc(C(=O)NCCCC(C)CCl)cs1. The molecular weight excluding hydrogens is 244 g/mol. The van der Waals surface area contributed by atoms with Gasteiger partial charge in [0.1, 0.15) is 5.69 Å². The number of halogens is 1. The highest BCUT2D eigenvalue weighted by Crippen LogP contribution is 2.08. The summed E-state index contributed by atoms with van der Waals surface area (Å²) in [6, 6.07) is 0. The first-order valence-electron chi connectivity index (χ1n) is 5.39. The molecular formula is C11H17ClN2OS. The molecule has 0 aliphatic heterocycles. The van der Waals surface area contributed by atoms with Crippen molar-refractivity contribution in [2.45, 2.75) is 26.7 Å². The van der Waals surface area contributed by atoms with E-state index in [0.29, 0.717) is 24.0 Å². The number of alkyl halides is 1. The van der Waals surface area contributed by atoms with Crippen molar-refractivity contribution in [2.75, 3.05) is 12.4 Å². The van der Waals surface area contributed by atoms with Crippen molar-refractivity contribution < 1.29 is 4.79 Å². The van der Waals surface area contributed by atoms with Crippen LogP contribution >= 0.6 is 22.9 Å². The van der Waals surface area contributed by atoms with E-state index in [-0.39, 0.29) is 5.91 Å². The number of carbonyl (C=O) groups excluding carboxylic acids is 1. The Balaban J connectivity index is 2.21. The molecule has 0 aliphatic rings. The molecule has 1 heterocycles. The van der Waals surface area contributed by atoms with Gasteiger partial charge < -0.3 is 5.32 Å². The minimum atomic E-state index is -0.0807. The summed E-state index contributed by atoms with van der Waals surface area (Å²) in [4.78, 5) is 15.7. The Hall–Kier alpha value is -0.610. The Morgan fingerprint density at radius 3 is 3.00 bits per heavy atom. The van der Waals surface area contributed by atoms with Crippen LogP contribution in [0.5, 0.6) is 0 Å². The summed E-state index contributed by atoms with van der Waals surface area (Å²) in [5.41, 5.74) is 0.521. The number of rotatable bonds is 6. The number of carbonyl (C=O) groups is 1. The smallest absolute Gasteiger partial charge is 0.270 e. The maximum atomic E-state index is 11.6. The fourth-order valence-electron chi connectivity index (χ4n) is 1.29. The first-order chi connectivity index (χ1) is 7.63. The van der Waals surface area contributed by atoms with Gasteiger partial charge in [0.15, 0.2) is 0 Å². The summed E-state index contributed by atoms with van der Waals surface area (Å²) in [6.45, 7) is 4.69. The van der Waals surface area contributed by atoms with Crippen LogP contribution in [0.25, 0.3) is 0 Å². The van der Waals surface area contributed by atoms with E-state index in [4.69, 9.17) is 11.6 Å². The highest BCUT2D eigenvalue weighted by molar-refractivity contribution is 7.09. The van der Waals surface area contributed by atoms with Gasteiger partial charge >= 0.3 is 0 Å². The lowest BCUT2D eigenvalue weighted by molar-refractivity contribution is 0.0948. The van der Waals surface area contributed by atoms with Crippen LogP contribution in [0.2, 0.25) is 0 Å². The quantitative estimate of drug-likeness (QED) is 0.631. The topological polar surface area (TPSA) is 42.0 Å². The Labute approximate surface area is 105 Å². The molecule has 0 spiro atoms. The van der Waals surface area contributed by atoms with Crippen molar-refractivity contribution >= 4 is 28.8 Å². The third kappa shape index (κ3) is 4.49. The number of aryl methyl sites for hydroxylation is 1. The Bertz CT molecular complexity index is 340. The summed E-state index contributed by atoms with van der Waals surface area (Å²) < 4.78 is 0. The predicted molar refractivity (Wildman–Crippen MR) is 68.3 cm³/mol. The molecule has 0 aromatic carbocycles. The Kier molecular flexibility index (Phi) is 5.77. The molecule has 1 atom stereocenters. The van der Waals surface area contributed by atoms with Crippen molar-refractivity contribution in [3.63, 3.8) is 0 Å². The summed E-state index contributed by atoms with van der Waals surface area (Å²) in [5, 5.41) is 5.56. The molecule has 3 nitrogen and oxygen atoms in total. The van der Waals surface area contributed by atoms with Crippen LogP contribution in [0.3, 0.4) is 0 Å². The van der Waals surface area contributed by atoms with E-state index in [2.05, 4.69) is 17.2 Å². The third-order valence-corrected chi connectivity index (χ3v) is 3.57. The number of nitrogens with one attached hydrogen (secondary N) is 1. The van der Waals surface area contributed by atoms with Gasteiger partial charge in [0.05, 0.1) is 5.01 Å². The van der Waals surface area contributed by atoms with E-state index in [1.165, 1.54) is 11.3 Å². The maximum absolute atomic E-state index is 11.6. The predicted octanol–water partition coefficient (Wildman–Crippen LogP) is 2.84. The van der Waals surface area contributed by atoms with Crippen molar-refractivity contribution in [3.8, 4) is 0 Å². The van der Waals surface area contributed by atoms with Gasteiger partial charge in [0.25, 0.3) is 5.91 Å². The van der Waals surface area contributed by atoms with Gasteiger partial charge in [0, 0.05) is 17.8 Å². The molecule has 0 fully saturated rings. The first-order valence-corrected chi connectivity index (χ1v) is 6.81. The van der Waals surface area contributed by atoms with Crippen LogP contribution in [0.4, 0.5) is 0 Å². The number of thiazole rings is 1. The van der Waals surface area contributed by atoms with Gasteiger partial charge in [-0.1, -0.05) is 6.92 Å². The van der Waals surface area contributed by atoms with E-state index in [0.717, 1.165) is 17.8 Å². The molecule has 90 valence electrons. The number of nitrogens with zero attached hydrogens (tertiary/aromatic N) is 1. The van der Waals surface area contributed by atoms with Gasteiger partial charge in [-0.15, -0.1) is 22.9 Å². The summed E-state index contributed by atoms with van der Waals surface area (Å²) in [5.74, 6) is 1.11. The minimum absolute atomic E-state index is 0.0807. The average molecular weight is 261 g/mol. The number of hydrogen-bond donors (Lipinski definition) is 1. The molecule has 1 unspecified atom stereocenters. The van der Waals surface area contributed by atoms with Crippen LogP contribution in [-0.2, 0) is 0 Å². The van der Waals surface area contributed by atoms with Gasteiger partial charge in [-0.05, 0) is 25.7 Å². The fraction of sp³-hybridized carbons (Fsp3) is 0.636. The van der Waals surface area contributed by atoms with Gasteiger partial charge in [-0.25, -0.2) is 4.98 Å². The molecule has 0 bridgehead atoms. The highest BCUT2D eigenvalue weighted by Gasteiger charge is 2.08. The van der Waals surface area contributed by atoms with Crippen molar-refractivity contribution in [1.82, 2.24) is 10.3 Å². The van der Waals surface area contributed by atoms with E-state index in [1.54, 1.807) is 5.38 Å². The van der Waals surface area contributed by atoms with Crippen molar-refractivity contribution in [1.29, 1.82) is 0 Å². The lowest BCUT2D eigenvalue weighted by Gasteiger charge is -2.07. The number of amides is 1. The Morgan fingerprint density at radius 1 is 1.69 bits per heavy atom. The molecule has 0 saturated heterocycles. The van der Waals surface area contributed by atoms with Crippen LogP contribution < -0.4 is 5.32 Å². The van der Waals surface area contributed by atoms with E-state index >= 15 is 0 Å². The van der Waals surface area contributed by atoms with E-state index < -0.39 is 0 Å².